The van der Waals surface area contributed by atoms with Crippen molar-refractivity contribution in [2.75, 3.05) is 5.43 Å². The third kappa shape index (κ3) is 3.08. The third-order valence-corrected chi connectivity index (χ3v) is 3.95. The molecule has 0 aliphatic carbocycles. The van der Waals surface area contributed by atoms with Crippen molar-refractivity contribution in [3.63, 3.8) is 0 Å². The number of hydrogen-bond donors (Lipinski definition) is 3. The van der Waals surface area contributed by atoms with E-state index in [4.69, 9.17) is 5.84 Å². The number of hydrazine groups is 1. The lowest BCUT2D eigenvalue weighted by atomic mass is 10.4. The van der Waals surface area contributed by atoms with Gasteiger partial charge in [-0.25, -0.2) is 24.0 Å². The lowest BCUT2D eigenvalue weighted by molar-refractivity contribution is 0.577. The Morgan fingerprint density at radius 3 is 2.79 bits per heavy atom. The van der Waals surface area contributed by atoms with Crippen LogP contribution in [0.5, 0.6) is 0 Å². The molecule has 8 nitrogen and oxygen atoms in total. The number of aromatic nitrogens is 3. The average molecular weight is 282 g/mol. The van der Waals surface area contributed by atoms with E-state index in [2.05, 4.69) is 20.2 Å². The predicted molar refractivity (Wildman–Crippen MR) is 69.3 cm³/mol. The highest BCUT2D eigenvalue weighted by Crippen LogP contribution is 2.12. The van der Waals surface area contributed by atoms with E-state index in [1.807, 2.05) is 0 Å². The van der Waals surface area contributed by atoms with Gasteiger partial charge < -0.3 is 5.43 Å². The minimum Gasteiger partial charge on any atom is -0.308 e. The summed E-state index contributed by atoms with van der Waals surface area (Å²) >= 11 is 0. The number of nitrogens with two attached hydrogens (primary N) is 1. The van der Waals surface area contributed by atoms with Gasteiger partial charge in [-0.3, -0.25) is 4.68 Å². The molecule has 2 aromatic heterocycles. The number of nitrogens with zero attached hydrogens (tertiary/aromatic N) is 3. The van der Waals surface area contributed by atoms with Crippen LogP contribution in [0.15, 0.2) is 35.5 Å². The molecule has 0 fully saturated rings. The topological polar surface area (TPSA) is 115 Å². The molecular formula is C10H14N6O2S. The standard InChI is InChI=1S/C10H14N6O2S/c1-16-8(2-5-13-16)7-14-19(17,18)9-3-4-12-10(6-9)15-11/h2-6,14H,7,11H2,1H3,(H,12,15). The predicted octanol–water partition coefficient (Wildman–Crippen LogP) is -0.421. The number of rotatable bonds is 5. The second-order valence-corrected chi connectivity index (χ2v) is 5.56. The van der Waals surface area contributed by atoms with Gasteiger partial charge in [0.15, 0.2) is 0 Å². The molecule has 102 valence electrons. The molecule has 0 bridgehead atoms. The summed E-state index contributed by atoms with van der Waals surface area (Å²) in [4.78, 5) is 3.95. The lowest BCUT2D eigenvalue weighted by Crippen LogP contribution is -2.24. The fraction of sp³-hybridized carbons (Fsp3) is 0.200. The molecule has 2 aromatic rings. The van der Waals surface area contributed by atoms with E-state index in [9.17, 15) is 8.42 Å². The van der Waals surface area contributed by atoms with Crippen LogP contribution in [0.2, 0.25) is 0 Å². The Hall–Kier alpha value is -1.97. The van der Waals surface area contributed by atoms with Gasteiger partial charge in [-0.1, -0.05) is 0 Å². The Kier molecular flexibility index (Phi) is 3.79. The summed E-state index contributed by atoms with van der Waals surface area (Å²) in [6.45, 7) is 0.159. The van der Waals surface area contributed by atoms with Crippen molar-refractivity contribution < 1.29 is 8.42 Å². The van der Waals surface area contributed by atoms with Gasteiger partial charge in [-0.15, -0.1) is 0 Å². The van der Waals surface area contributed by atoms with Crippen molar-refractivity contribution in [3.8, 4) is 0 Å². The highest BCUT2D eigenvalue weighted by Gasteiger charge is 2.15. The van der Waals surface area contributed by atoms with Gasteiger partial charge >= 0.3 is 0 Å². The van der Waals surface area contributed by atoms with E-state index >= 15 is 0 Å². The zero-order chi connectivity index (χ0) is 13.9. The van der Waals surface area contributed by atoms with E-state index in [1.54, 1.807) is 24.0 Å². The molecule has 0 amide bonds. The maximum atomic E-state index is 12.1. The Labute approximate surface area is 110 Å². The summed E-state index contributed by atoms with van der Waals surface area (Å²) in [6.07, 6.45) is 2.97. The van der Waals surface area contributed by atoms with Crippen LogP contribution in [0.25, 0.3) is 0 Å². The normalized spacial score (nSPS) is 11.5. The van der Waals surface area contributed by atoms with Crippen molar-refractivity contribution in [1.29, 1.82) is 0 Å². The molecule has 0 spiro atoms. The Morgan fingerprint density at radius 1 is 1.37 bits per heavy atom. The largest absolute Gasteiger partial charge is 0.308 e. The fourth-order valence-corrected chi connectivity index (χ4v) is 2.50. The van der Waals surface area contributed by atoms with Crippen LogP contribution in [-0.2, 0) is 23.6 Å². The van der Waals surface area contributed by atoms with Crippen LogP contribution in [0.3, 0.4) is 0 Å². The molecule has 0 saturated heterocycles. The Bertz CT molecular complexity index is 666. The van der Waals surface area contributed by atoms with Gasteiger partial charge in [0.05, 0.1) is 17.1 Å². The van der Waals surface area contributed by atoms with Gasteiger partial charge in [0.2, 0.25) is 10.0 Å². The van der Waals surface area contributed by atoms with Crippen LogP contribution in [0, 0.1) is 0 Å². The van der Waals surface area contributed by atoms with Gasteiger partial charge in [0.25, 0.3) is 0 Å². The maximum absolute atomic E-state index is 12.1. The summed E-state index contributed by atoms with van der Waals surface area (Å²) < 4.78 is 28.2. The highest BCUT2D eigenvalue weighted by molar-refractivity contribution is 7.89. The zero-order valence-corrected chi connectivity index (χ0v) is 11.1. The van der Waals surface area contributed by atoms with Crippen molar-refractivity contribution in [2.24, 2.45) is 12.9 Å². The van der Waals surface area contributed by atoms with E-state index in [-0.39, 0.29) is 17.3 Å². The van der Waals surface area contributed by atoms with Crippen LogP contribution >= 0.6 is 0 Å². The maximum Gasteiger partial charge on any atom is 0.241 e. The number of sulfonamides is 1. The van der Waals surface area contributed by atoms with Crippen LogP contribution in [0.4, 0.5) is 5.82 Å². The van der Waals surface area contributed by atoms with Crippen LogP contribution in [0.1, 0.15) is 5.69 Å². The average Bonchev–Trinajstić information content (AvgIpc) is 2.82. The van der Waals surface area contributed by atoms with Gasteiger partial charge in [-0.05, 0) is 12.1 Å². The first-order chi connectivity index (χ1) is 9.03. The van der Waals surface area contributed by atoms with E-state index in [0.717, 1.165) is 5.69 Å². The number of nitrogen functional groups attached to an aromatic ring is 1. The monoisotopic (exact) mass is 282 g/mol. The molecular weight excluding hydrogens is 268 g/mol. The van der Waals surface area contributed by atoms with Gasteiger partial charge in [0, 0.05) is 25.5 Å². The minimum absolute atomic E-state index is 0.0950. The van der Waals surface area contributed by atoms with E-state index < -0.39 is 10.0 Å². The van der Waals surface area contributed by atoms with Crippen LogP contribution < -0.4 is 16.0 Å². The molecule has 0 atom stereocenters. The number of hydrogen-bond acceptors (Lipinski definition) is 6. The number of nitrogens with one attached hydrogen (secondary N) is 2. The van der Waals surface area contributed by atoms with E-state index in [1.165, 1.54) is 18.3 Å². The molecule has 2 rings (SSSR count). The van der Waals surface area contributed by atoms with Crippen molar-refractivity contribution in [2.45, 2.75) is 11.4 Å². The molecule has 4 N–H and O–H groups in total. The second-order valence-electron chi connectivity index (χ2n) is 3.79. The smallest absolute Gasteiger partial charge is 0.241 e. The molecule has 0 aromatic carbocycles. The summed E-state index contributed by atoms with van der Waals surface area (Å²) in [5.74, 6) is 5.47. The summed E-state index contributed by atoms with van der Waals surface area (Å²) in [7, 11) is -1.87. The van der Waals surface area contributed by atoms with Crippen molar-refractivity contribution in [3.05, 3.63) is 36.3 Å². The first-order valence-electron chi connectivity index (χ1n) is 5.42. The summed E-state index contributed by atoms with van der Waals surface area (Å²) in [5, 5.41) is 3.96. The third-order valence-electron chi connectivity index (χ3n) is 2.56. The lowest BCUT2D eigenvalue weighted by Gasteiger charge is -2.08. The fourth-order valence-electron chi connectivity index (χ4n) is 1.48. The Morgan fingerprint density at radius 2 is 2.16 bits per heavy atom. The van der Waals surface area contributed by atoms with Crippen LogP contribution in [-0.4, -0.2) is 23.2 Å². The van der Waals surface area contributed by atoms with Crippen molar-refractivity contribution >= 4 is 15.8 Å². The minimum atomic E-state index is -3.61. The molecule has 19 heavy (non-hydrogen) atoms. The summed E-state index contributed by atoms with van der Waals surface area (Å²) in [5.41, 5.74) is 3.06. The quantitative estimate of drug-likeness (QED) is 0.507. The second kappa shape index (κ2) is 5.34. The summed E-state index contributed by atoms with van der Waals surface area (Å²) in [6, 6.07) is 4.49. The molecule has 0 unspecified atom stereocenters. The number of anilines is 1. The molecule has 2 heterocycles. The molecule has 0 aliphatic rings. The van der Waals surface area contributed by atoms with Gasteiger partial charge in [0.1, 0.15) is 5.82 Å². The first-order valence-corrected chi connectivity index (χ1v) is 6.90. The molecule has 0 saturated carbocycles. The number of aryl methyl sites for hydroxylation is 1. The SMILES string of the molecule is Cn1nccc1CNS(=O)(=O)c1ccnc(NN)c1. The first kappa shape index (κ1) is 13.5. The molecule has 9 heteroatoms. The van der Waals surface area contributed by atoms with E-state index in [0.29, 0.717) is 0 Å². The number of pyridine rings is 1. The van der Waals surface area contributed by atoms with Gasteiger partial charge in [-0.2, -0.15) is 5.10 Å². The van der Waals surface area contributed by atoms with Crippen molar-refractivity contribution in [1.82, 2.24) is 19.5 Å². The Balaban J connectivity index is 2.16. The molecule has 0 radical (unpaired) electrons. The molecule has 0 aliphatic heterocycles. The zero-order valence-electron chi connectivity index (χ0n) is 10.2. The highest BCUT2D eigenvalue weighted by atomic mass is 32.2.